The van der Waals surface area contributed by atoms with Crippen LogP contribution in [0.3, 0.4) is 0 Å². The SMILES string of the molecule is Cc1cc(-c2ccc(-c3cc(C(C)C(C)C)c([Si](C)(C)C)cn3)cc2)cc(C)n1. The van der Waals surface area contributed by atoms with Crippen molar-refractivity contribution in [2.75, 3.05) is 0 Å². The molecule has 2 aromatic heterocycles. The van der Waals surface area contributed by atoms with Gasteiger partial charge in [-0.25, -0.2) is 0 Å². The molecule has 2 nitrogen and oxygen atoms in total. The molecule has 0 amide bonds. The van der Waals surface area contributed by atoms with Gasteiger partial charge in [-0.1, -0.05) is 64.7 Å². The molecule has 0 fully saturated rings. The highest BCUT2D eigenvalue weighted by molar-refractivity contribution is 6.89. The lowest BCUT2D eigenvalue weighted by molar-refractivity contribution is 0.537. The Morgan fingerprint density at radius 3 is 1.83 bits per heavy atom. The van der Waals surface area contributed by atoms with Gasteiger partial charge >= 0.3 is 0 Å². The fourth-order valence-electron chi connectivity index (χ4n) is 3.83. The van der Waals surface area contributed by atoms with Crippen molar-refractivity contribution in [2.45, 2.75) is 60.2 Å². The molecule has 29 heavy (non-hydrogen) atoms. The molecule has 0 radical (unpaired) electrons. The van der Waals surface area contributed by atoms with Crippen molar-refractivity contribution in [2.24, 2.45) is 5.92 Å². The highest BCUT2D eigenvalue weighted by Gasteiger charge is 2.25. The van der Waals surface area contributed by atoms with Gasteiger partial charge in [0.1, 0.15) is 0 Å². The second kappa shape index (κ2) is 8.23. The van der Waals surface area contributed by atoms with Gasteiger partial charge in [0.05, 0.1) is 13.8 Å². The summed E-state index contributed by atoms with van der Waals surface area (Å²) in [5.74, 6) is 1.14. The standard InChI is InChI=1S/C26H34N2Si/c1-17(2)20(5)24-15-25(27-16-26(24)29(6,7)8)22-11-9-21(10-12-22)23-13-18(3)28-19(4)14-23/h9-17,20H,1-8H3. The van der Waals surface area contributed by atoms with E-state index in [2.05, 4.69) is 94.1 Å². The summed E-state index contributed by atoms with van der Waals surface area (Å²) in [5.41, 5.74) is 8.28. The van der Waals surface area contributed by atoms with E-state index in [4.69, 9.17) is 4.98 Å². The summed E-state index contributed by atoms with van der Waals surface area (Å²) in [6.07, 6.45) is 2.15. The minimum absolute atomic E-state index is 0.528. The minimum atomic E-state index is -1.44. The van der Waals surface area contributed by atoms with E-state index in [9.17, 15) is 0 Å². The quantitative estimate of drug-likeness (QED) is 0.442. The van der Waals surface area contributed by atoms with Gasteiger partial charge in [-0.3, -0.25) is 9.97 Å². The van der Waals surface area contributed by atoms with Crippen LogP contribution in [0.2, 0.25) is 19.6 Å². The minimum Gasteiger partial charge on any atom is -0.258 e. The monoisotopic (exact) mass is 402 g/mol. The van der Waals surface area contributed by atoms with Crippen molar-refractivity contribution < 1.29 is 0 Å². The molecule has 0 saturated heterocycles. The molecular formula is C26H34N2Si. The van der Waals surface area contributed by atoms with Gasteiger partial charge in [-0.15, -0.1) is 0 Å². The van der Waals surface area contributed by atoms with E-state index in [1.807, 2.05) is 13.8 Å². The van der Waals surface area contributed by atoms with E-state index < -0.39 is 8.07 Å². The first-order chi connectivity index (χ1) is 13.6. The number of aryl methyl sites for hydroxylation is 2. The molecule has 0 saturated carbocycles. The highest BCUT2D eigenvalue weighted by Crippen LogP contribution is 2.29. The zero-order valence-electron chi connectivity index (χ0n) is 19.2. The molecule has 3 aromatic rings. The zero-order chi connectivity index (χ0) is 21.3. The molecule has 152 valence electrons. The van der Waals surface area contributed by atoms with Crippen LogP contribution in [0.4, 0.5) is 0 Å². The molecule has 0 aliphatic heterocycles. The molecular weight excluding hydrogens is 368 g/mol. The molecule has 0 aliphatic carbocycles. The van der Waals surface area contributed by atoms with E-state index in [1.54, 1.807) is 0 Å². The van der Waals surface area contributed by atoms with Crippen molar-refractivity contribution in [3.63, 3.8) is 0 Å². The summed E-state index contributed by atoms with van der Waals surface area (Å²) in [4.78, 5) is 9.36. The first-order valence-corrected chi connectivity index (χ1v) is 14.1. The molecule has 0 spiro atoms. The van der Waals surface area contributed by atoms with E-state index in [0.29, 0.717) is 11.8 Å². The van der Waals surface area contributed by atoms with Crippen LogP contribution in [-0.2, 0) is 0 Å². The molecule has 3 rings (SSSR count). The normalized spacial score (nSPS) is 13.0. The summed E-state index contributed by atoms with van der Waals surface area (Å²) >= 11 is 0. The van der Waals surface area contributed by atoms with Gasteiger partial charge in [0.15, 0.2) is 0 Å². The molecule has 1 atom stereocenters. The first-order valence-electron chi connectivity index (χ1n) is 10.6. The zero-order valence-corrected chi connectivity index (χ0v) is 20.2. The molecule has 3 heteroatoms. The van der Waals surface area contributed by atoms with E-state index in [1.165, 1.54) is 27.4 Å². The van der Waals surface area contributed by atoms with Crippen molar-refractivity contribution >= 4 is 13.3 Å². The molecule has 1 aromatic carbocycles. The highest BCUT2D eigenvalue weighted by atomic mass is 28.3. The second-order valence-corrected chi connectivity index (χ2v) is 14.7. The number of benzene rings is 1. The lowest BCUT2D eigenvalue weighted by Gasteiger charge is -2.26. The maximum atomic E-state index is 4.87. The molecule has 0 bridgehead atoms. The van der Waals surface area contributed by atoms with Crippen molar-refractivity contribution in [1.82, 2.24) is 9.97 Å². The maximum Gasteiger partial charge on any atom is 0.0799 e. The van der Waals surface area contributed by atoms with Crippen LogP contribution in [0, 0.1) is 19.8 Å². The van der Waals surface area contributed by atoms with Gasteiger partial charge in [-0.2, -0.15) is 0 Å². The average molecular weight is 403 g/mol. The summed E-state index contributed by atoms with van der Waals surface area (Å²) in [6.45, 7) is 18.3. The Hall–Kier alpha value is -2.26. The largest absolute Gasteiger partial charge is 0.258 e. The Kier molecular flexibility index (Phi) is 6.09. The Labute approximate surface area is 177 Å². The fraction of sp³-hybridized carbons (Fsp3) is 0.385. The second-order valence-electron chi connectivity index (χ2n) is 9.66. The Morgan fingerprint density at radius 1 is 0.759 bits per heavy atom. The number of nitrogens with zero attached hydrogens (tertiary/aromatic N) is 2. The van der Waals surface area contributed by atoms with Gasteiger partial charge in [0.25, 0.3) is 0 Å². The predicted molar refractivity (Wildman–Crippen MR) is 129 cm³/mol. The third kappa shape index (κ3) is 4.84. The number of hydrogen-bond acceptors (Lipinski definition) is 2. The van der Waals surface area contributed by atoms with Crippen molar-refractivity contribution in [3.05, 3.63) is 65.6 Å². The van der Waals surface area contributed by atoms with Crippen LogP contribution < -0.4 is 5.19 Å². The lowest BCUT2D eigenvalue weighted by Crippen LogP contribution is -2.41. The Balaban J connectivity index is 2.01. The van der Waals surface area contributed by atoms with Gasteiger partial charge < -0.3 is 0 Å². The van der Waals surface area contributed by atoms with Crippen LogP contribution in [0.15, 0.2) is 48.7 Å². The Morgan fingerprint density at radius 2 is 1.31 bits per heavy atom. The third-order valence-electron chi connectivity index (χ3n) is 5.83. The third-order valence-corrected chi connectivity index (χ3v) is 7.86. The molecule has 0 N–H and O–H groups in total. The summed E-state index contributed by atoms with van der Waals surface area (Å²) in [5, 5.41) is 1.49. The summed E-state index contributed by atoms with van der Waals surface area (Å²) in [7, 11) is -1.44. The van der Waals surface area contributed by atoms with E-state index in [0.717, 1.165) is 17.1 Å². The van der Waals surface area contributed by atoms with E-state index in [-0.39, 0.29) is 0 Å². The lowest BCUT2D eigenvalue weighted by atomic mass is 9.90. The van der Waals surface area contributed by atoms with Crippen molar-refractivity contribution in [1.29, 1.82) is 0 Å². The summed E-state index contributed by atoms with van der Waals surface area (Å²) < 4.78 is 0. The number of rotatable bonds is 5. The maximum absolute atomic E-state index is 4.87. The van der Waals surface area contributed by atoms with Gasteiger partial charge in [-0.05, 0) is 65.8 Å². The topological polar surface area (TPSA) is 25.8 Å². The number of aromatic nitrogens is 2. The van der Waals surface area contributed by atoms with Gasteiger partial charge in [0.2, 0.25) is 0 Å². The summed E-state index contributed by atoms with van der Waals surface area (Å²) in [6, 6.07) is 15.4. The predicted octanol–water partition coefficient (Wildman–Crippen LogP) is 6.73. The van der Waals surface area contributed by atoms with Crippen LogP contribution in [0.25, 0.3) is 22.4 Å². The van der Waals surface area contributed by atoms with Crippen LogP contribution >= 0.6 is 0 Å². The van der Waals surface area contributed by atoms with Crippen LogP contribution in [-0.4, -0.2) is 18.0 Å². The smallest absolute Gasteiger partial charge is 0.0799 e. The average Bonchev–Trinajstić information content (AvgIpc) is 2.65. The Bertz CT molecular complexity index is 978. The fourth-order valence-corrected chi connectivity index (χ4v) is 5.44. The number of hydrogen-bond donors (Lipinski definition) is 0. The van der Waals surface area contributed by atoms with Crippen LogP contribution in [0.1, 0.15) is 43.6 Å². The van der Waals surface area contributed by atoms with Crippen LogP contribution in [0.5, 0.6) is 0 Å². The molecule has 2 heterocycles. The van der Waals surface area contributed by atoms with Crippen molar-refractivity contribution in [3.8, 4) is 22.4 Å². The first kappa shape index (κ1) is 21.4. The van der Waals surface area contributed by atoms with E-state index >= 15 is 0 Å². The molecule has 1 unspecified atom stereocenters. The molecule has 0 aliphatic rings. The number of pyridine rings is 2. The van der Waals surface area contributed by atoms with Gasteiger partial charge in [0, 0.05) is 23.1 Å².